The number of anilines is 1. The maximum Gasteiger partial charge on any atom is 0.255 e. The lowest BCUT2D eigenvalue weighted by atomic mass is 9.94. The number of hydrogen-bond donors (Lipinski definition) is 2. The van der Waals surface area contributed by atoms with Crippen molar-refractivity contribution in [3.63, 3.8) is 0 Å². The number of nitrogens with one attached hydrogen (secondary N) is 1. The molecule has 1 saturated heterocycles. The third-order valence-corrected chi connectivity index (χ3v) is 3.35. The van der Waals surface area contributed by atoms with Gasteiger partial charge in [0.25, 0.3) is 5.91 Å². The fourth-order valence-electron chi connectivity index (χ4n) is 2.34. The van der Waals surface area contributed by atoms with Crippen LogP contribution in [0.2, 0.25) is 0 Å². The molecular weight excluding hydrogens is 244 g/mol. The molecule has 1 fully saturated rings. The highest BCUT2D eigenvalue weighted by Crippen LogP contribution is 2.27. The number of benzene rings is 1. The first kappa shape index (κ1) is 13.7. The first-order valence-corrected chi connectivity index (χ1v) is 6.38. The minimum absolute atomic E-state index is 0.183. The van der Waals surface area contributed by atoms with E-state index in [1.54, 1.807) is 18.2 Å². The molecule has 0 bridgehead atoms. The quantitative estimate of drug-likeness (QED) is 0.813. The summed E-state index contributed by atoms with van der Waals surface area (Å²) in [6.07, 6.45) is 1.86. The van der Waals surface area contributed by atoms with Crippen LogP contribution in [0, 0.1) is 0 Å². The highest BCUT2D eigenvalue weighted by molar-refractivity contribution is 5.99. The second kappa shape index (κ2) is 5.48. The fraction of sp³-hybridized carbons (Fsp3) is 0.500. The molecule has 19 heavy (non-hydrogen) atoms. The number of carbonyl (C=O) groups is 1. The molecule has 1 aromatic rings. The fourth-order valence-corrected chi connectivity index (χ4v) is 2.34. The van der Waals surface area contributed by atoms with Gasteiger partial charge in [0, 0.05) is 6.61 Å². The molecule has 0 radical (unpaired) electrons. The largest absolute Gasteiger partial charge is 0.494 e. The van der Waals surface area contributed by atoms with Gasteiger partial charge < -0.3 is 20.5 Å². The number of rotatable bonds is 3. The predicted octanol–water partition coefficient (Wildman–Crippen LogP) is 1.58. The van der Waals surface area contributed by atoms with Crippen LogP contribution in [0.25, 0.3) is 0 Å². The van der Waals surface area contributed by atoms with Crippen LogP contribution in [-0.2, 0) is 4.74 Å². The van der Waals surface area contributed by atoms with Crippen LogP contribution >= 0.6 is 0 Å². The SMILES string of the molecule is COc1c(N)cccc1C(=O)NC1(C)CCCOC1. The van der Waals surface area contributed by atoms with Gasteiger partial charge in [-0.15, -0.1) is 0 Å². The molecule has 0 spiro atoms. The van der Waals surface area contributed by atoms with E-state index in [2.05, 4.69) is 5.32 Å². The molecule has 104 valence electrons. The van der Waals surface area contributed by atoms with E-state index in [4.69, 9.17) is 15.2 Å². The standard InChI is InChI=1S/C14H20N2O3/c1-14(7-4-8-19-9-14)16-13(17)10-5-3-6-11(15)12(10)18-2/h3,5-6H,4,7-9,15H2,1-2H3,(H,16,17). The molecular formula is C14H20N2O3. The third kappa shape index (κ3) is 2.98. The maximum absolute atomic E-state index is 12.3. The van der Waals surface area contributed by atoms with E-state index in [-0.39, 0.29) is 11.4 Å². The average Bonchev–Trinajstić information content (AvgIpc) is 2.38. The molecule has 1 aliphatic rings. The summed E-state index contributed by atoms with van der Waals surface area (Å²) < 4.78 is 10.6. The Hall–Kier alpha value is -1.75. The van der Waals surface area contributed by atoms with Crippen molar-refractivity contribution in [3.05, 3.63) is 23.8 Å². The molecule has 0 aromatic heterocycles. The average molecular weight is 264 g/mol. The third-order valence-electron chi connectivity index (χ3n) is 3.35. The predicted molar refractivity (Wildman–Crippen MR) is 73.3 cm³/mol. The molecule has 1 heterocycles. The Morgan fingerprint density at radius 1 is 1.53 bits per heavy atom. The Morgan fingerprint density at radius 2 is 2.32 bits per heavy atom. The summed E-state index contributed by atoms with van der Waals surface area (Å²) in [6.45, 7) is 3.28. The number of para-hydroxylation sites is 1. The van der Waals surface area contributed by atoms with Crippen LogP contribution in [0.4, 0.5) is 5.69 Å². The molecule has 0 aliphatic carbocycles. The second-order valence-electron chi connectivity index (χ2n) is 5.10. The Bertz CT molecular complexity index is 468. The van der Waals surface area contributed by atoms with Gasteiger partial charge in [0.15, 0.2) is 5.75 Å². The minimum Gasteiger partial charge on any atom is -0.494 e. The van der Waals surface area contributed by atoms with Crippen molar-refractivity contribution < 1.29 is 14.3 Å². The Kier molecular flexibility index (Phi) is 3.95. The molecule has 5 heteroatoms. The Labute approximate surface area is 113 Å². The smallest absolute Gasteiger partial charge is 0.255 e. The van der Waals surface area contributed by atoms with Gasteiger partial charge >= 0.3 is 0 Å². The van der Waals surface area contributed by atoms with E-state index >= 15 is 0 Å². The maximum atomic E-state index is 12.3. The van der Waals surface area contributed by atoms with E-state index in [9.17, 15) is 4.79 Å². The van der Waals surface area contributed by atoms with Gasteiger partial charge in [-0.2, -0.15) is 0 Å². The summed E-state index contributed by atoms with van der Waals surface area (Å²) in [4.78, 5) is 12.3. The lowest BCUT2D eigenvalue weighted by Gasteiger charge is -2.34. The van der Waals surface area contributed by atoms with Gasteiger partial charge in [0.05, 0.1) is 30.5 Å². The summed E-state index contributed by atoms with van der Waals surface area (Å²) >= 11 is 0. The number of nitrogens with two attached hydrogens (primary N) is 1. The van der Waals surface area contributed by atoms with E-state index < -0.39 is 0 Å². The Balaban J connectivity index is 2.18. The molecule has 5 nitrogen and oxygen atoms in total. The topological polar surface area (TPSA) is 73.6 Å². The van der Waals surface area contributed by atoms with Crippen molar-refractivity contribution in [2.45, 2.75) is 25.3 Å². The van der Waals surface area contributed by atoms with Crippen LogP contribution in [0.5, 0.6) is 5.75 Å². The first-order chi connectivity index (χ1) is 9.06. The van der Waals surface area contributed by atoms with Gasteiger partial charge in [-0.1, -0.05) is 6.07 Å². The van der Waals surface area contributed by atoms with Crippen molar-refractivity contribution in [3.8, 4) is 5.75 Å². The number of amides is 1. The Morgan fingerprint density at radius 3 is 2.95 bits per heavy atom. The van der Waals surface area contributed by atoms with Crippen molar-refractivity contribution in [2.75, 3.05) is 26.1 Å². The van der Waals surface area contributed by atoms with Crippen LogP contribution < -0.4 is 15.8 Å². The zero-order chi connectivity index (χ0) is 13.9. The molecule has 1 aromatic carbocycles. The highest BCUT2D eigenvalue weighted by atomic mass is 16.5. The molecule has 2 rings (SSSR count). The first-order valence-electron chi connectivity index (χ1n) is 6.38. The molecule has 0 saturated carbocycles. The molecule has 3 N–H and O–H groups in total. The van der Waals surface area contributed by atoms with E-state index in [0.29, 0.717) is 23.6 Å². The van der Waals surface area contributed by atoms with Crippen molar-refractivity contribution >= 4 is 11.6 Å². The van der Waals surface area contributed by atoms with Gasteiger partial charge in [-0.05, 0) is 31.9 Å². The van der Waals surface area contributed by atoms with Crippen LogP contribution in [0.3, 0.4) is 0 Å². The van der Waals surface area contributed by atoms with Gasteiger partial charge in [0.2, 0.25) is 0 Å². The zero-order valence-corrected chi connectivity index (χ0v) is 11.4. The van der Waals surface area contributed by atoms with Crippen molar-refractivity contribution in [1.29, 1.82) is 0 Å². The number of methoxy groups -OCH3 is 1. The summed E-state index contributed by atoms with van der Waals surface area (Å²) in [6, 6.07) is 5.16. The van der Waals surface area contributed by atoms with E-state index in [1.165, 1.54) is 7.11 Å². The second-order valence-corrected chi connectivity index (χ2v) is 5.10. The van der Waals surface area contributed by atoms with Crippen molar-refractivity contribution in [2.24, 2.45) is 0 Å². The van der Waals surface area contributed by atoms with E-state index in [0.717, 1.165) is 19.4 Å². The minimum atomic E-state index is -0.328. The monoisotopic (exact) mass is 264 g/mol. The molecule has 1 amide bonds. The lowest BCUT2D eigenvalue weighted by molar-refractivity contribution is 0.0272. The molecule has 1 unspecified atom stereocenters. The summed E-state index contributed by atoms with van der Waals surface area (Å²) in [7, 11) is 1.51. The van der Waals surface area contributed by atoms with Crippen LogP contribution in [-0.4, -0.2) is 31.8 Å². The molecule has 1 atom stereocenters. The van der Waals surface area contributed by atoms with Gasteiger partial charge in [-0.25, -0.2) is 0 Å². The normalized spacial score (nSPS) is 22.8. The van der Waals surface area contributed by atoms with Crippen molar-refractivity contribution in [1.82, 2.24) is 5.32 Å². The summed E-state index contributed by atoms with van der Waals surface area (Å²) in [5.41, 5.74) is 6.39. The van der Waals surface area contributed by atoms with Crippen LogP contribution in [0.1, 0.15) is 30.1 Å². The number of nitrogen functional groups attached to an aromatic ring is 1. The van der Waals surface area contributed by atoms with Gasteiger partial charge in [0.1, 0.15) is 0 Å². The molecule has 1 aliphatic heterocycles. The number of carbonyl (C=O) groups excluding carboxylic acids is 1. The summed E-state index contributed by atoms with van der Waals surface area (Å²) in [5, 5.41) is 3.01. The highest BCUT2D eigenvalue weighted by Gasteiger charge is 2.30. The number of hydrogen-bond acceptors (Lipinski definition) is 4. The number of ether oxygens (including phenoxy) is 2. The zero-order valence-electron chi connectivity index (χ0n) is 11.4. The van der Waals surface area contributed by atoms with E-state index in [1.807, 2.05) is 6.92 Å². The lowest BCUT2D eigenvalue weighted by Crippen LogP contribution is -2.51. The van der Waals surface area contributed by atoms with Crippen LogP contribution in [0.15, 0.2) is 18.2 Å². The summed E-state index contributed by atoms with van der Waals surface area (Å²) in [5.74, 6) is 0.234. The van der Waals surface area contributed by atoms with Gasteiger partial charge in [-0.3, -0.25) is 4.79 Å².